The number of nitrogens with one attached hydrogen (secondary N) is 1. The fraction of sp³-hybridized carbons (Fsp3) is 0.458. The van der Waals surface area contributed by atoms with Crippen LogP contribution in [0.2, 0.25) is 0 Å². The first-order chi connectivity index (χ1) is 20.4. The molecule has 3 rings (SSSR count). The number of rotatable bonds is 9. The number of aliphatic hydroxyl groups is 1. The number of hydrogen-bond donors (Lipinski definition) is 2. The number of carbonyl (C=O) groups is 1. The van der Waals surface area contributed by atoms with Crippen LogP contribution in [0.1, 0.15) is 30.3 Å². The fourth-order valence-electron chi connectivity index (χ4n) is 2.66. The maximum atomic E-state index is 13.2. The summed E-state index contributed by atoms with van der Waals surface area (Å²) >= 11 is 0. The molecule has 1 saturated heterocycles. The van der Waals surface area contributed by atoms with E-state index in [0.717, 1.165) is 18.2 Å². The summed E-state index contributed by atoms with van der Waals surface area (Å²) in [5.41, 5.74) is -1.75. The van der Waals surface area contributed by atoms with Gasteiger partial charge in [0.05, 0.1) is 13.7 Å². The topological polar surface area (TPSA) is 74.3 Å². The number of para-hydroxylation sites is 3. The zero-order chi connectivity index (χ0) is 34.4. The summed E-state index contributed by atoms with van der Waals surface area (Å²) in [5, 5.41) is 12.7. The SMILES string of the molecule is [2H]C([2H])([2H])c1cccc(C([2H])([2H])[2H])c1NC(=O)CN1C([2H])([2H])C([2H])([2H])N(CC(O)COc2ccccc2OC)C([2H])([2H])C1([2H])[2H]. The van der Waals surface area contributed by atoms with Crippen molar-refractivity contribution in [2.45, 2.75) is 19.8 Å². The normalized spacial score (nSPS) is 30.0. The molecule has 2 aromatic carbocycles. The lowest BCUT2D eigenvalue weighted by atomic mass is 10.1. The van der Waals surface area contributed by atoms with Crippen LogP contribution in [0.15, 0.2) is 42.5 Å². The summed E-state index contributed by atoms with van der Waals surface area (Å²) in [7, 11) is 1.38. The van der Waals surface area contributed by atoms with E-state index in [1.807, 2.05) is 0 Å². The van der Waals surface area contributed by atoms with Crippen molar-refractivity contribution >= 4 is 11.6 Å². The lowest BCUT2D eigenvalue weighted by Gasteiger charge is -2.35. The number of anilines is 1. The Morgan fingerprint density at radius 1 is 1.10 bits per heavy atom. The number of nitrogens with zero attached hydrogens (tertiary/aromatic N) is 2. The predicted octanol–water partition coefficient (Wildman–Crippen LogP) is 2.31. The number of β-amino-alcohol motifs (C(OH)–C–C–N with tert-alkyl or cyclic N) is 1. The van der Waals surface area contributed by atoms with Gasteiger partial charge in [0, 0.05) is 57.4 Å². The largest absolute Gasteiger partial charge is 0.493 e. The minimum absolute atomic E-state index is 0.00346. The molecular formula is C24H33N3O4. The molecule has 2 N–H and O–H groups in total. The highest BCUT2D eigenvalue weighted by molar-refractivity contribution is 5.93. The Labute approximate surface area is 204 Å². The molecule has 0 saturated carbocycles. The van der Waals surface area contributed by atoms with E-state index in [9.17, 15) is 9.90 Å². The van der Waals surface area contributed by atoms with Gasteiger partial charge in [-0.2, -0.15) is 0 Å². The molecule has 0 aromatic heterocycles. The van der Waals surface area contributed by atoms with Gasteiger partial charge < -0.3 is 19.9 Å². The average molecular weight is 442 g/mol. The standard InChI is InChI=1S/C24H33N3O4/c1-18-7-6-8-19(2)24(18)25-23(29)16-27-13-11-26(12-14-27)15-20(28)17-31-22-10-5-4-9-21(22)30-3/h4-10,20,28H,11-17H2,1-3H3,(H,25,29)/i1D3,2D3,11D2,12D2,13D2,14D2. The van der Waals surface area contributed by atoms with Crippen LogP contribution in [-0.4, -0.2) is 79.7 Å². The lowest BCUT2D eigenvalue weighted by molar-refractivity contribution is -0.117. The summed E-state index contributed by atoms with van der Waals surface area (Å²) in [6.45, 7) is -22.3. The van der Waals surface area contributed by atoms with Crippen molar-refractivity contribution in [2.75, 3.05) is 58.1 Å². The molecule has 0 bridgehead atoms. The first-order valence-electron chi connectivity index (χ1n) is 16.3. The number of hydrogen-bond acceptors (Lipinski definition) is 6. The molecule has 31 heavy (non-hydrogen) atoms. The lowest BCUT2D eigenvalue weighted by Crippen LogP contribution is -2.50. The zero-order valence-corrected chi connectivity index (χ0v) is 16.8. The highest BCUT2D eigenvalue weighted by atomic mass is 16.5. The van der Waals surface area contributed by atoms with Crippen LogP contribution < -0.4 is 14.8 Å². The second-order valence-electron chi connectivity index (χ2n) is 6.54. The van der Waals surface area contributed by atoms with Crippen LogP contribution in [0.5, 0.6) is 11.5 Å². The summed E-state index contributed by atoms with van der Waals surface area (Å²) in [5.74, 6) is -0.828. The molecule has 1 amide bonds. The highest BCUT2D eigenvalue weighted by Crippen LogP contribution is 2.25. The van der Waals surface area contributed by atoms with E-state index in [2.05, 4.69) is 5.32 Å². The van der Waals surface area contributed by atoms with E-state index in [1.165, 1.54) is 13.2 Å². The van der Waals surface area contributed by atoms with E-state index in [1.54, 1.807) is 18.2 Å². The van der Waals surface area contributed by atoms with Crippen LogP contribution in [0.25, 0.3) is 0 Å². The Morgan fingerprint density at radius 2 is 1.74 bits per heavy atom. The summed E-state index contributed by atoms with van der Waals surface area (Å²) < 4.78 is 125. The first-order valence-corrected chi connectivity index (χ1v) is 9.34. The number of benzene rings is 2. The third-order valence-corrected chi connectivity index (χ3v) is 4.16. The number of aliphatic hydroxyl groups excluding tert-OH is 1. The van der Waals surface area contributed by atoms with Crippen LogP contribution in [0.3, 0.4) is 0 Å². The maximum Gasteiger partial charge on any atom is 0.238 e. The second kappa shape index (κ2) is 11.1. The highest BCUT2D eigenvalue weighted by Gasteiger charge is 2.21. The third-order valence-electron chi connectivity index (χ3n) is 4.16. The number of aryl methyl sites for hydroxylation is 2. The van der Waals surface area contributed by atoms with Gasteiger partial charge in [-0.25, -0.2) is 0 Å². The Hall–Kier alpha value is -2.61. The average Bonchev–Trinajstić information content (AvgIpc) is 2.91. The van der Waals surface area contributed by atoms with Crippen molar-refractivity contribution in [1.82, 2.24) is 9.80 Å². The third kappa shape index (κ3) is 6.69. The fourth-order valence-corrected chi connectivity index (χ4v) is 2.66. The number of ether oxygens (including phenoxy) is 2. The van der Waals surface area contributed by atoms with Crippen molar-refractivity contribution in [3.05, 3.63) is 53.6 Å². The maximum absolute atomic E-state index is 13.2. The molecule has 168 valence electrons. The minimum atomic E-state index is -3.45. The number of amides is 1. The van der Waals surface area contributed by atoms with Crippen LogP contribution >= 0.6 is 0 Å². The second-order valence-corrected chi connectivity index (χ2v) is 6.54. The van der Waals surface area contributed by atoms with E-state index >= 15 is 0 Å². The quantitative estimate of drug-likeness (QED) is 0.622. The van der Waals surface area contributed by atoms with Gasteiger partial charge in [0.15, 0.2) is 11.5 Å². The molecule has 1 unspecified atom stereocenters. The molecule has 7 nitrogen and oxygen atoms in total. The minimum Gasteiger partial charge on any atom is -0.493 e. The predicted molar refractivity (Wildman–Crippen MR) is 122 cm³/mol. The molecule has 0 radical (unpaired) electrons. The van der Waals surface area contributed by atoms with E-state index in [4.69, 9.17) is 28.7 Å². The van der Waals surface area contributed by atoms with Gasteiger partial charge >= 0.3 is 0 Å². The zero-order valence-electron chi connectivity index (χ0n) is 30.8. The Bertz CT molecular complexity index is 1320. The van der Waals surface area contributed by atoms with Gasteiger partial charge in [0.25, 0.3) is 0 Å². The van der Waals surface area contributed by atoms with Gasteiger partial charge in [-0.05, 0) is 37.0 Å². The number of piperazine rings is 1. The van der Waals surface area contributed by atoms with Crippen molar-refractivity contribution in [3.8, 4) is 11.5 Å². The molecule has 7 heteroatoms. The van der Waals surface area contributed by atoms with Gasteiger partial charge in [-0.15, -0.1) is 0 Å². The van der Waals surface area contributed by atoms with Gasteiger partial charge in [-0.3, -0.25) is 14.6 Å². The van der Waals surface area contributed by atoms with Crippen LogP contribution in [0.4, 0.5) is 5.69 Å². The van der Waals surface area contributed by atoms with Gasteiger partial charge in [-0.1, -0.05) is 30.3 Å². The van der Waals surface area contributed by atoms with Crippen molar-refractivity contribution in [3.63, 3.8) is 0 Å². The van der Waals surface area contributed by atoms with Crippen molar-refractivity contribution in [1.29, 1.82) is 0 Å². The number of methoxy groups -OCH3 is 1. The molecule has 0 aliphatic carbocycles. The molecule has 2 aromatic rings. The molecule has 1 fully saturated rings. The molecule has 1 heterocycles. The summed E-state index contributed by atoms with van der Waals surface area (Å²) in [6.07, 6.45) is -1.66. The Morgan fingerprint density at radius 3 is 2.39 bits per heavy atom. The van der Waals surface area contributed by atoms with E-state index < -0.39 is 88.2 Å². The Kier molecular flexibility index (Phi) is 3.88. The molecule has 1 aliphatic rings. The van der Waals surface area contributed by atoms with Crippen molar-refractivity contribution in [2.24, 2.45) is 0 Å². The van der Waals surface area contributed by atoms with Gasteiger partial charge in [0.2, 0.25) is 5.91 Å². The van der Waals surface area contributed by atoms with Crippen LogP contribution in [-0.2, 0) is 4.79 Å². The molecule has 1 aliphatic heterocycles. The van der Waals surface area contributed by atoms with E-state index in [0.29, 0.717) is 5.75 Å². The molecular weight excluding hydrogens is 394 g/mol. The molecule has 1 atom stereocenters. The summed E-state index contributed by atoms with van der Waals surface area (Å²) in [4.78, 5) is 13.4. The number of carbonyl (C=O) groups excluding carboxylic acids is 1. The monoisotopic (exact) mass is 441 g/mol. The molecule has 0 spiro atoms. The van der Waals surface area contributed by atoms with Crippen molar-refractivity contribution < 1.29 is 38.6 Å². The van der Waals surface area contributed by atoms with Crippen LogP contribution in [0, 0.1) is 13.7 Å². The summed E-state index contributed by atoms with van der Waals surface area (Å²) in [6, 6.07) is 9.63. The first kappa shape index (κ1) is 10.8. The van der Waals surface area contributed by atoms with Gasteiger partial charge in [0.1, 0.15) is 12.7 Å². The Balaban J connectivity index is 1.91. The van der Waals surface area contributed by atoms with E-state index in [-0.39, 0.29) is 15.5 Å². The smallest absolute Gasteiger partial charge is 0.238 e.